The van der Waals surface area contributed by atoms with E-state index in [0.717, 1.165) is 39.8 Å². The first-order chi connectivity index (χ1) is 15.2. The zero-order chi connectivity index (χ0) is 21.2. The van der Waals surface area contributed by atoms with Gasteiger partial charge in [0.05, 0.1) is 13.2 Å². The number of carbonyl (C=O) groups is 2. The average Bonchev–Trinajstić information content (AvgIpc) is 3.40. The van der Waals surface area contributed by atoms with E-state index in [4.69, 9.17) is 9.47 Å². The smallest absolute Gasteiger partial charge is 0.246 e. The molecule has 0 saturated carbocycles. The van der Waals surface area contributed by atoms with E-state index in [-0.39, 0.29) is 17.8 Å². The summed E-state index contributed by atoms with van der Waals surface area (Å²) in [5.41, 5.74) is 3.79. The molecule has 1 fully saturated rings. The third-order valence-electron chi connectivity index (χ3n) is 5.94. The molecule has 6 heteroatoms. The highest BCUT2D eigenvalue weighted by molar-refractivity contribution is 6.01. The number of aromatic nitrogens is 1. The van der Waals surface area contributed by atoms with E-state index in [1.165, 1.54) is 0 Å². The Balaban J connectivity index is 1.20. The molecular weight excluding hydrogens is 392 g/mol. The van der Waals surface area contributed by atoms with E-state index in [9.17, 15) is 9.59 Å². The van der Waals surface area contributed by atoms with Crippen molar-refractivity contribution in [1.29, 1.82) is 0 Å². The van der Waals surface area contributed by atoms with Crippen LogP contribution in [0.5, 0.6) is 5.75 Å². The molecule has 2 aliphatic rings. The third kappa shape index (κ3) is 3.99. The lowest BCUT2D eigenvalue weighted by Crippen LogP contribution is -2.47. The number of nitrogens with one attached hydrogen (secondary N) is 1. The van der Waals surface area contributed by atoms with Gasteiger partial charge in [-0.25, -0.2) is 0 Å². The fourth-order valence-corrected chi connectivity index (χ4v) is 4.29. The minimum absolute atomic E-state index is 0.0372. The predicted octanol–water partition coefficient (Wildman–Crippen LogP) is 3.62. The Morgan fingerprint density at radius 2 is 2.10 bits per heavy atom. The molecule has 3 aromatic rings. The van der Waals surface area contributed by atoms with Crippen molar-refractivity contribution in [1.82, 2.24) is 9.88 Å². The van der Waals surface area contributed by atoms with E-state index in [0.29, 0.717) is 32.7 Å². The summed E-state index contributed by atoms with van der Waals surface area (Å²) in [4.78, 5) is 29.7. The van der Waals surface area contributed by atoms with Gasteiger partial charge in [0.2, 0.25) is 5.91 Å². The van der Waals surface area contributed by atoms with Crippen LogP contribution < -0.4 is 4.74 Å². The van der Waals surface area contributed by atoms with Crippen LogP contribution in [-0.4, -0.2) is 54.0 Å². The summed E-state index contributed by atoms with van der Waals surface area (Å²) in [6.07, 6.45) is 6.45. The Labute approximate surface area is 180 Å². The number of morpholine rings is 1. The molecule has 1 aliphatic heterocycles. The second-order valence-electron chi connectivity index (χ2n) is 7.92. The van der Waals surface area contributed by atoms with Crippen LogP contribution in [0.1, 0.15) is 27.9 Å². The van der Waals surface area contributed by atoms with Gasteiger partial charge < -0.3 is 19.4 Å². The summed E-state index contributed by atoms with van der Waals surface area (Å²) in [7, 11) is 0. The monoisotopic (exact) mass is 416 g/mol. The Morgan fingerprint density at radius 3 is 3.03 bits per heavy atom. The van der Waals surface area contributed by atoms with Gasteiger partial charge in [-0.05, 0) is 30.2 Å². The molecule has 1 saturated heterocycles. The highest BCUT2D eigenvalue weighted by Gasteiger charge is 2.26. The number of para-hydroxylation sites is 1. The average molecular weight is 416 g/mol. The number of hydrogen-bond donors (Lipinski definition) is 1. The summed E-state index contributed by atoms with van der Waals surface area (Å²) in [5, 5.41) is 1.09. The van der Waals surface area contributed by atoms with Crippen molar-refractivity contribution in [2.45, 2.75) is 18.9 Å². The van der Waals surface area contributed by atoms with Crippen LogP contribution in [0.15, 0.2) is 54.7 Å². The van der Waals surface area contributed by atoms with Gasteiger partial charge in [0.15, 0.2) is 5.78 Å². The first-order valence-corrected chi connectivity index (χ1v) is 10.6. The van der Waals surface area contributed by atoms with Gasteiger partial charge in [-0.3, -0.25) is 9.59 Å². The molecule has 0 radical (unpaired) electrons. The van der Waals surface area contributed by atoms with E-state index >= 15 is 0 Å². The molecule has 158 valence electrons. The number of Topliss-reactive ketones (excluding diaryl/α,β-unsaturated/α-hetero) is 1. The minimum atomic E-state index is -0.202. The maximum absolute atomic E-state index is 12.7. The molecule has 2 aromatic carbocycles. The third-order valence-corrected chi connectivity index (χ3v) is 5.94. The van der Waals surface area contributed by atoms with E-state index < -0.39 is 0 Å². The lowest BCUT2D eigenvalue weighted by atomic mass is 10.1. The molecule has 1 aliphatic carbocycles. The summed E-state index contributed by atoms with van der Waals surface area (Å²) >= 11 is 0. The lowest BCUT2D eigenvalue weighted by molar-refractivity contribution is -0.134. The maximum atomic E-state index is 12.7. The lowest BCUT2D eigenvalue weighted by Gasteiger charge is -2.32. The standard InChI is InChI=1S/C25H24N2O4/c28-23-10-9-21-20(23)5-3-7-24(21)31-16-18-15-27(12-13-30-18)25(29)11-8-17-14-26-22-6-2-1-4-19(17)22/h1-8,11,14,18,26H,9-10,12-13,15-16H2/b11-8+. The molecule has 1 N–H and O–H groups in total. The maximum Gasteiger partial charge on any atom is 0.246 e. The molecule has 31 heavy (non-hydrogen) atoms. The second-order valence-corrected chi connectivity index (χ2v) is 7.92. The number of amides is 1. The minimum Gasteiger partial charge on any atom is -0.491 e. The first kappa shape index (κ1) is 19.6. The quantitative estimate of drug-likeness (QED) is 0.645. The summed E-state index contributed by atoms with van der Waals surface area (Å²) in [6, 6.07) is 13.6. The Morgan fingerprint density at radius 1 is 1.19 bits per heavy atom. The Hall–Kier alpha value is -3.38. The zero-order valence-electron chi connectivity index (χ0n) is 17.2. The molecule has 0 bridgehead atoms. The molecule has 1 aromatic heterocycles. The second kappa shape index (κ2) is 8.40. The van der Waals surface area contributed by atoms with Crippen LogP contribution in [0.25, 0.3) is 17.0 Å². The molecule has 5 rings (SSSR count). The van der Waals surface area contributed by atoms with Gasteiger partial charge in [-0.1, -0.05) is 30.3 Å². The summed E-state index contributed by atoms with van der Waals surface area (Å²) in [6.45, 7) is 1.86. The topological polar surface area (TPSA) is 71.6 Å². The predicted molar refractivity (Wildman–Crippen MR) is 118 cm³/mol. The number of H-pyrrole nitrogens is 1. The SMILES string of the molecule is O=C1CCc2c(OCC3CN(C(=O)/C=C/c4c[nH]c5ccccc45)CCO3)cccc21. The van der Waals surface area contributed by atoms with Gasteiger partial charge in [0.1, 0.15) is 18.5 Å². The summed E-state index contributed by atoms with van der Waals surface area (Å²) < 4.78 is 11.8. The number of ether oxygens (including phenoxy) is 2. The number of ketones is 1. The van der Waals surface area contributed by atoms with Crippen LogP contribution in [0.3, 0.4) is 0 Å². The highest BCUT2D eigenvalue weighted by Crippen LogP contribution is 2.30. The van der Waals surface area contributed by atoms with Crippen molar-refractivity contribution >= 4 is 28.7 Å². The zero-order valence-corrected chi connectivity index (χ0v) is 17.2. The Kier molecular flexibility index (Phi) is 5.30. The molecule has 1 amide bonds. The van der Waals surface area contributed by atoms with E-state index in [1.54, 1.807) is 11.0 Å². The van der Waals surface area contributed by atoms with Crippen LogP contribution in [0, 0.1) is 0 Å². The van der Waals surface area contributed by atoms with Gasteiger partial charge in [0, 0.05) is 47.3 Å². The molecule has 6 nitrogen and oxygen atoms in total. The van der Waals surface area contributed by atoms with E-state index in [1.807, 2.05) is 54.7 Å². The van der Waals surface area contributed by atoms with Gasteiger partial charge in [-0.2, -0.15) is 0 Å². The fourth-order valence-electron chi connectivity index (χ4n) is 4.29. The van der Waals surface area contributed by atoms with Gasteiger partial charge >= 0.3 is 0 Å². The van der Waals surface area contributed by atoms with Gasteiger partial charge in [0.25, 0.3) is 0 Å². The van der Waals surface area contributed by atoms with Crippen LogP contribution in [-0.2, 0) is 16.0 Å². The van der Waals surface area contributed by atoms with Crippen molar-refractivity contribution in [3.8, 4) is 5.75 Å². The number of nitrogens with zero attached hydrogens (tertiary/aromatic N) is 1. The van der Waals surface area contributed by atoms with Crippen LogP contribution in [0.2, 0.25) is 0 Å². The summed E-state index contributed by atoms with van der Waals surface area (Å²) in [5.74, 6) is 0.882. The Bertz CT molecular complexity index is 1160. The number of benzene rings is 2. The molecule has 1 atom stereocenters. The molecule has 0 spiro atoms. The van der Waals surface area contributed by atoms with Crippen molar-refractivity contribution < 1.29 is 19.1 Å². The number of fused-ring (bicyclic) bond motifs is 2. The van der Waals surface area contributed by atoms with Crippen molar-refractivity contribution in [2.24, 2.45) is 0 Å². The van der Waals surface area contributed by atoms with Crippen LogP contribution >= 0.6 is 0 Å². The molecular formula is C25H24N2O4. The number of aromatic amines is 1. The largest absolute Gasteiger partial charge is 0.491 e. The normalized spacial score (nSPS) is 18.6. The molecule has 1 unspecified atom stereocenters. The fraction of sp³-hybridized carbons (Fsp3) is 0.280. The first-order valence-electron chi connectivity index (χ1n) is 10.6. The highest BCUT2D eigenvalue weighted by atomic mass is 16.5. The van der Waals surface area contributed by atoms with Crippen molar-refractivity contribution in [3.63, 3.8) is 0 Å². The number of carbonyl (C=O) groups excluding carboxylic acids is 2. The van der Waals surface area contributed by atoms with Crippen LogP contribution in [0.4, 0.5) is 0 Å². The van der Waals surface area contributed by atoms with Crippen molar-refractivity contribution in [3.05, 3.63) is 71.4 Å². The van der Waals surface area contributed by atoms with Crippen molar-refractivity contribution in [2.75, 3.05) is 26.3 Å². The van der Waals surface area contributed by atoms with E-state index in [2.05, 4.69) is 4.98 Å². The number of rotatable bonds is 5. The molecule has 2 heterocycles. The van der Waals surface area contributed by atoms with Gasteiger partial charge in [-0.15, -0.1) is 0 Å². The number of hydrogen-bond acceptors (Lipinski definition) is 4.